The molecule has 3 rings (SSSR count). The van der Waals surface area contributed by atoms with Gasteiger partial charge in [-0.1, -0.05) is 12.1 Å². The Hall–Kier alpha value is -1.46. The molecule has 2 aliphatic heterocycles. The molecule has 1 unspecified atom stereocenters. The number of nitrogens with one attached hydrogen (secondary N) is 1. The maximum atomic E-state index is 5.91. The summed E-state index contributed by atoms with van der Waals surface area (Å²) in [6, 6.07) is 7.54. The van der Waals surface area contributed by atoms with Crippen molar-refractivity contribution >= 4 is 18.2 Å². The first-order chi connectivity index (χ1) is 8.34. The van der Waals surface area contributed by atoms with Crippen LogP contribution < -0.4 is 14.8 Å². The second kappa shape index (κ2) is 5.04. The maximum Gasteiger partial charge on any atom is 0.303 e. The molecular weight excluding hydrogens is 256 g/mol. The number of fused-ring (bicyclic) bond motifs is 1. The standard InChI is InChI=1S/C12H14N2O3.ClH/c1-15-12(11-13-6-7-14-11)8-16-9-4-2-3-5-10(9)17-12;/h2-5H,6-8H2,1H3,(H,13,14);1H. The predicted molar refractivity (Wildman–Crippen MR) is 69.9 cm³/mol. The molecule has 0 saturated heterocycles. The van der Waals surface area contributed by atoms with Crippen LogP contribution >= 0.6 is 12.4 Å². The molecule has 0 aromatic heterocycles. The summed E-state index contributed by atoms with van der Waals surface area (Å²) in [5, 5.41) is 3.17. The molecule has 0 bridgehead atoms. The van der Waals surface area contributed by atoms with E-state index in [4.69, 9.17) is 14.2 Å². The third-order valence-corrected chi connectivity index (χ3v) is 2.91. The summed E-state index contributed by atoms with van der Waals surface area (Å²) in [5.74, 6) is 1.18. The number of amidine groups is 1. The fraction of sp³-hybridized carbons (Fsp3) is 0.417. The smallest absolute Gasteiger partial charge is 0.303 e. The Morgan fingerprint density at radius 3 is 2.78 bits per heavy atom. The average Bonchev–Trinajstić information content (AvgIpc) is 2.92. The molecule has 1 N–H and O–H groups in total. The van der Waals surface area contributed by atoms with Crippen LogP contribution in [0.3, 0.4) is 0 Å². The van der Waals surface area contributed by atoms with Crippen LogP contribution in [-0.4, -0.2) is 38.4 Å². The van der Waals surface area contributed by atoms with E-state index in [0.29, 0.717) is 18.2 Å². The second-order valence-corrected chi connectivity index (χ2v) is 3.95. The van der Waals surface area contributed by atoms with Crippen LogP contribution in [0.1, 0.15) is 0 Å². The molecule has 5 nitrogen and oxygen atoms in total. The molecule has 0 radical (unpaired) electrons. The summed E-state index contributed by atoms with van der Waals surface area (Å²) in [6.45, 7) is 1.85. The van der Waals surface area contributed by atoms with Crippen molar-refractivity contribution in [1.82, 2.24) is 5.32 Å². The number of para-hydroxylation sites is 2. The summed E-state index contributed by atoms with van der Waals surface area (Å²) >= 11 is 0. The van der Waals surface area contributed by atoms with Gasteiger partial charge < -0.3 is 19.5 Å². The van der Waals surface area contributed by atoms with E-state index in [0.717, 1.165) is 18.8 Å². The molecule has 0 aliphatic carbocycles. The number of methoxy groups -OCH3 is 1. The number of aliphatic imine (C=N–C) groups is 1. The monoisotopic (exact) mass is 270 g/mol. The highest BCUT2D eigenvalue weighted by molar-refractivity contribution is 5.91. The summed E-state index contributed by atoms with van der Waals surface area (Å²) in [6.07, 6.45) is 0. The maximum absolute atomic E-state index is 5.91. The number of hydrogen-bond donors (Lipinski definition) is 1. The second-order valence-electron chi connectivity index (χ2n) is 3.95. The minimum Gasteiger partial charge on any atom is -0.482 e. The van der Waals surface area contributed by atoms with Gasteiger partial charge in [-0.2, -0.15) is 0 Å². The van der Waals surface area contributed by atoms with Crippen molar-refractivity contribution in [1.29, 1.82) is 0 Å². The summed E-state index contributed by atoms with van der Waals surface area (Å²) < 4.78 is 17.1. The number of benzene rings is 1. The average molecular weight is 271 g/mol. The molecular formula is C12H15ClN2O3. The largest absolute Gasteiger partial charge is 0.482 e. The zero-order valence-electron chi connectivity index (χ0n) is 10.0. The molecule has 98 valence electrons. The van der Waals surface area contributed by atoms with Crippen molar-refractivity contribution in [3.05, 3.63) is 24.3 Å². The first-order valence-electron chi connectivity index (χ1n) is 5.59. The lowest BCUT2D eigenvalue weighted by Crippen LogP contribution is -2.56. The minimum absolute atomic E-state index is 0. The summed E-state index contributed by atoms with van der Waals surface area (Å²) in [5.41, 5.74) is 0. The van der Waals surface area contributed by atoms with Crippen LogP contribution in [0.2, 0.25) is 0 Å². The van der Waals surface area contributed by atoms with Gasteiger partial charge in [-0.3, -0.25) is 4.99 Å². The van der Waals surface area contributed by atoms with E-state index in [1.165, 1.54) is 0 Å². The molecule has 2 aliphatic rings. The van der Waals surface area contributed by atoms with E-state index in [1.807, 2.05) is 24.3 Å². The van der Waals surface area contributed by atoms with E-state index >= 15 is 0 Å². The van der Waals surface area contributed by atoms with Crippen LogP contribution in [0.25, 0.3) is 0 Å². The first kappa shape index (κ1) is 13.0. The first-order valence-corrected chi connectivity index (χ1v) is 5.59. The molecule has 18 heavy (non-hydrogen) atoms. The summed E-state index contributed by atoms with van der Waals surface area (Å²) in [7, 11) is 1.60. The van der Waals surface area contributed by atoms with Crippen molar-refractivity contribution in [3.63, 3.8) is 0 Å². The van der Waals surface area contributed by atoms with Crippen molar-refractivity contribution in [2.45, 2.75) is 5.79 Å². The van der Waals surface area contributed by atoms with Gasteiger partial charge in [0.05, 0.1) is 6.54 Å². The van der Waals surface area contributed by atoms with Gasteiger partial charge in [0.25, 0.3) is 0 Å². The Bertz CT molecular complexity index is 466. The van der Waals surface area contributed by atoms with Crippen LogP contribution in [-0.2, 0) is 4.74 Å². The van der Waals surface area contributed by atoms with E-state index < -0.39 is 5.79 Å². The van der Waals surface area contributed by atoms with Gasteiger partial charge in [-0.25, -0.2) is 0 Å². The van der Waals surface area contributed by atoms with Crippen molar-refractivity contribution in [2.75, 3.05) is 26.8 Å². The third-order valence-electron chi connectivity index (χ3n) is 2.91. The third kappa shape index (κ3) is 2.00. The molecule has 0 amide bonds. The lowest BCUT2D eigenvalue weighted by atomic mass is 10.2. The number of halogens is 1. The Kier molecular flexibility index (Phi) is 3.63. The zero-order chi connectivity index (χ0) is 11.7. The normalized spacial score (nSPS) is 24.8. The molecule has 1 aromatic carbocycles. The highest BCUT2D eigenvalue weighted by Gasteiger charge is 2.44. The lowest BCUT2D eigenvalue weighted by Gasteiger charge is -2.36. The predicted octanol–water partition coefficient (Wildman–Crippen LogP) is 1.22. The van der Waals surface area contributed by atoms with E-state index in [9.17, 15) is 0 Å². The van der Waals surface area contributed by atoms with Crippen molar-refractivity contribution in [3.8, 4) is 11.5 Å². The number of hydrogen-bond acceptors (Lipinski definition) is 5. The lowest BCUT2D eigenvalue weighted by molar-refractivity contribution is -0.145. The minimum atomic E-state index is -0.940. The van der Waals surface area contributed by atoms with E-state index in [2.05, 4.69) is 10.3 Å². The fourth-order valence-electron chi connectivity index (χ4n) is 2.00. The highest BCUT2D eigenvalue weighted by Crippen LogP contribution is 2.35. The summed E-state index contributed by atoms with van der Waals surface area (Å²) in [4.78, 5) is 4.35. The topological polar surface area (TPSA) is 52.1 Å². The quantitative estimate of drug-likeness (QED) is 0.878. The molecule has 1 aromatic rings. The number of nitrogens with zero attached hydrogens (tertiary/aromatic N) is 1. The Morgan fingerprint density at radius 2 is 2.11 bits per heavy atom. The van der Waals surface area contributed by atoms with Gasteiger partial charge in [-0.05, 0) is 12.1 Å². The van der Waals surface area contributed by atoms with Crippen LogP contribution in [0.5, 0.6) is 11.5 Å². The Morgan fingerprint density at radius 1 is 1.33 bits per heavy atom. The molecule has 6 heteroatoms. The van der Waals surface area contributed by atoms with Crippen molar-refractivity contribution in [2.24, 2.45) is 4.99 Å². The molecule has 0 fully saturated rings. The van der Waals surface area contributed by atoms with E-state index in [-0.39, 0.29) is 12.4 Å². The Balaban J connectivity index is 0.00000120. The van der Waals surface area contributed by atoms with Crippen molar-refractivity contribution < 1.29 is 14.2 Å². The fourth-order valence-corrected chi connectivity index (χ4v) is 2.00. The van der Waals surface area contributed by atoms with Gasteiger partial charge in [-0.15, -0.1) is 12.4 Å². The molecule has 0 saturated carbocycles. The highest BCUT2D eigenvalue weighted by atomic mass is 35.5. The molecule has 0 spiro atoms. The van der Waals surface area contributed by atoms with Crippen LogP contribution in [0.4, 0.5) is 0 Å². The molecule has 1 atom stereocenters. The Labute approximate surface area is 112 Å². The number of rotatable bonds is 2. The van der Waals surface area contributed by atoms with Gasteiger partial charge in [0.1, 0.15) is 0 Å². The van der Waals surface area contributed by atoms with E-state index in [1.54, 1.807) is 7.11 Å². The van der Waals surface area contributed by atoms with Gasteiger partial charge in [0, 0.05) is 13.7 Å². The number of ether oxygens (including phenoxy) is 3. The van der Waals surface area contributed by atoms with Gasteiger partial charge >= 0.3 is 5.79 Å². The van der Waals surface area contributed by atoms with Crippen LogP contribution in [0.15, 0.2) is 29.3 Å². The molecule has 2 heterocycles. The van der Waals surface area contributed by atoms with Crippen LogP contribution in [0, 0.1) is 0 Å². The van der Waals surface area contributed by atoms with Gasteiger partial charge in [0.2, 0.25) is 0 Å². The van der Waals surface area contributed by atoms with Gasteiger partial charge in [0.15, 0.2) is 23.9 Å². The SMILES string of the molecule is COC1(C2=NCCN2)COc2ccccc2O1.Cl. The zero-order valence-corrected chi connectivity index (χ0v) is 10.8.